The van der Waals surface area contributed by atoms with E-state index in [1.807, 2.05) is 6.07 Å². The standard InChI is InChI=1S/C16H20O/c1-11(2)12(3)15-6-4-5-14-9-13(10-17)7-8-16(14)15/h4-9,11-12,17H,10H2,1-3H3. The monoisotopic (exact) mass is 228 g/mol. The maximum absolute atomic E-state index is 9.16. The molecule has 0 radical (unpaired) electrons. The first-order valence-corrected chi connectivity index (χ1v) is 6.26. The molecule has 0 fully saturated rings. The fourth-order valence-electron chi connectivity index (χ4n) is 2.21. The van der Waals surface area contributed by atoms with E-state index in [0.29, 0.717) is 11.8 Å². The number of aliphatic hydroxyl groups is 1. The van der Waals surface area contributed by atoms with Crippen LogP contribution >= 0.6 is 0 Å². The third-order valence-corrected chi connectivity index (χ3v) is 3.65. The van der Waals surface area contributed by atoms with Crippen molar-refractivity contribution in [2.75, 3.05) is 0 Å². The second-order valence-corrected chi connectivity index (χ2v) is 5.09. The van der Waals surface area contributed by atoms with E-state index in [1.54, 1.807) is 0 Å². The van der Waals surface area contributed by atoms with E-state index in [9.17, 15) is 0 Å². The maximum Gasteiger partial charge on any atom is 0.0682 e. The van der Waals surface area contributed by atoms with Gasteiger partial charge in [-0.05, 0) is 39.8 Å². The van der Waals surface area contributed by atoms with E-state index in [-0.39, 0.29) is 6.61 Å². The molecule has 0 heterocycles. The van der Waals surface area contributed by atoms with Gasteiger partial charge in [0.25, 0.3) is 0 Å². The van der Waals surface area contributed by atoms with Crippen molar-refractivity contribution in [1.29, 1.82) is 0 Å². The molecule has 2 aromatic carbocycles. The Bertz CT molecular complexity index is 514. The van der Waals surface area contributed by atoms with Crippen LogP contribution in [0.25, 0.3) is 10.8 Å². The van der Waals surface area contributed by atoms with E-state index >= 15 is 0 Å². The molecule has 0 aromatic heterocycles. The molecule has 1 nitrogen and oxygen atoms in total. The molecule has 17 heavy (non-hydrogen) atoms. The Kier molecular flexibility index (Phi) is 3.49. The molecule has 0 aliphatic rings. The second-order valence-electron chi connectivity index (χ2n) is 5.09. The fraction of sp³-hybridized carbons (Fsp3) is 0.375. The maximum atomic E-state index is 9.16. The third kappa shape index (κ3) is 2.34. The van der Waals surface area contributed by atoms with Crippen molar-refractivity contribution >= 4 is 10.8 Å². The molecular formula is C16H20O. The number of hydrogen-bond acceptors (Lipinski definition) is 1. The van der Waals surface area contributed by atoms with Crippen LogP contribution in [0.3, 0.4) is 0 Å². The summed E-state index contributed by atoms with van der Waals surface area (Å²) in [7, 11) is 0. The Morgan fingerprint density at radius 3 is 2.47 bits per heavy atom. The summed E-state index contributed by atoms with van der Waals surface area (Å²) in [5, 5.41) is 11.7. The highest BCUT2D eigenvalue weighted by molar-refractivity contribution is 5.86. The molecule has 0 amide bonds. The zero-order valence-electron chi connectivity index (χ0n) is 10.8. The molecule has 0 aliphatic heterocycles. The zero-order chi connectivity index (χ0) is 12.4. The first-order chi connectivity index (χ1) is 8.13. The summed E-state index contributed by atoms with van der Waals surface area (Å²) >= 11 is 0. The van der Waals surface area contributed by atoms with Crippen molar-refractivity contribution < 1.29 is 5.11 Å². The van der Waals surface area contributed by atoms with Crippen LogP contribution in [0, 0.1) is 5.92 Å². The van der Waals surface area contributed by atoms with Gasteiger partial charge in [-0.3, -0.25) is 0 Å². The smallest absolute Gasteiger partial charge is 0.0682 e. The van der Waals surface area contributed by atoms with Gasteiger partial charge in [0.15, 0.2) is 0 Å². The molecule has 1 heteroatoms. The second kappa shape index (κ2) is 4.89. The first-order valence-electron chi connectivity index (χ1n) is 6.26. The van der Waals surface area contributed by atoms with Crippen LogP contribution in [-0.2, 0) is 6.61 Å². The van der Waals surface area contributed by atoms with E-state index < -0.39 is 0 Å². The minimum absolute atomic E-state index is 0.111. The Labute approximate surface area is 103 Å². The van der Waals surface area contributed by atoms with Crippen LogP contribution in [0.1, 0.15) is 37.8 Å². The highest BCUT2D eigenvalue weighted by Gasteiger charge is 2.12. The highest BCUT2D eigenvalue weighted by atomic mass is 16.3. The fourth-order valence-corrected chi connectivity index (χ4v) is 2.21. The molecular weight excluding hydrogens is 208 g/mol. The molecule has 90 valence electrons. The summed E-state index contributed by atoms with van der Waals surface area (Å²) in [6.45, 7) is 6.90. The van der Waals surface area contributed by atoms with Gasteiger partial charge in [0.2, 0.25) is 0 Å². The van der Waals surface area contributed by atoms with Crippen LogP contribution in [0.5, 0.6) is 0 Å². The van der Waals surface area contributed by atoms with Crippen LogP contribution in [0.4, 0.5) is 0 Å². The van der Waals surface area contributed by atoms with Crippen molar-refractivity contribution in [2.24, 2.45) is 5.92 Å². The van der Waals surface area contributed by atoms with Crippen LogP contribution < -0.4 is 0 Å². The predicted molar refractivity (Wildman–Crippen MR) is 73.1 cm³/mol. The molecule has 0 spiro atoms. The summed E-state index contributed by atoms with van der Waals surface area (Å²) in [6.07, 6.45) is 0. The van der Waals surface area contributed by atoms with Gasteiger partial charge in [-0.25, -0.2) is 0 Å². The van der Waals surface area contributed by atoms with Crippen LogP contribution in [0.2, 0.25) is 0 Å². The molecule has 0 saturated heterocycles. The Balaban J connectivity index is 2.58. The quantitative estimate of drug-likeness (QED) is 0.838. The summed E-state index contributed by atoms with van der Waals surface area (Å²) < 4.78 is 0. The largest absolute Gasteiger partial charge is 0.392 e. The van der Waals surface area contributed by atoms with Gasteiger partial charge in [-0.15, -0.1) is 0 Å². The van der Waals surface area contributed by atoms with E-state index in [2.05, 4.69) is 51.1 Å². The lowest BCUT2D eigenvalue weighted by Crippen LogP contribution is -2.02. The molecule has 0 bridgehead atoms. The average Bonchev–Trinajstić information content (AvgIpc) is 2.36. The van der Waals surface area contributed by atoms with Gasteiger partial charge >= 0.3 is 0 Å². The summed E-state index contributed by atoms with van der Waals surface area (Å²) in [6, 6.07) is 12.7. The Hall–Kier alpha value is -1.34. The molecule has 0 aliphatic carbocycles. The van der Waals surface area contributed by atoms with E-state index in [4.69, 9.17) is 5.11 Å². The van der Waals surface area contributed by atoms with Crippen molar-refractivity contribution in [3.05, 3.63) is 47.5 Å². The van der Waals surface area contributed by atoms with Gasteiger partial charge < -0.3 is 5.11 Å². The molecule has 1 atom stereocenters. The van der Waals surface area contributed by atoms with Crippen molar-refractivity contribution in [2.45, 2.75) is 33.3 Å². The third-order valence-electron chi connectivity index (χ3n) is 3.65. The molecule has 1 unspecified atom stereocenters. The summed E-state index contributed by atoms with van der Waals surface area (Å²) in [4.78, 5) is 0. The minimum Gasteiger partial charge on any atom is -0.392 e. The van der Waals surface area contributed by atoms with Crippen LogP contribution in [-0.4, -0.2) is 5.11 Å². The van der Waals surface area contributed by atoms with Gasteiger partial charge in [0.05, 0.1) is 6.61 Å². The predicted octanol–water partition coefficient (Wildman–Crippen LogP) is 4.09. The SMILES string of the molecule is CC(C)C(C)c1cccc2cc(CO)ccc12. The lowest BCUT2D eigenvalue weighted by molar-refractivity contribution is 0.282. The van der Waals surface area contributed by atoms with Gasteiger partial charge in [-0.1, -0.05) is 51.1 Å². The number of hydrogen-bond donors (Lipinski definition) is 1. The Morgan fingerprint density at radius 1 is 1.06 bits per heavy atom. The van der Waals surface area contributed by atoms with Gasteiger partial charge in [-0.2, -0.15) is 0 Å². The van der Waals surface area contributed by atoms with Gasteiger partial charge in [0.1, 0.15) is 0 Å². The van der Waals surface area contributed by atoms with Crippen molar-refractivity contribution in [1.82, 2.24) is 0 Å². The number of aliphatic hydroxyl groups excluding tert-OH is 1. The topological polar surface area (TPSA) is 20.2 Å². The van der Waals surface area contributed by atoms with E-state index in [1.165, 1.54) is 16.3 Å². The average molecular weight is 228 g/mol. The molecule has 1 N–H and O–H groups in total. The van der Waals surface area contributed by atoms with Crippen molar-refractivity contribution in [3.63, 3.8) is 0 Å². The summed E-state index contributed by atoms with van der Waals surface area (Å²) in [5.41, 5.74) is 2.38. The van der Waals surface area contributed by atoms with Gasteiger partial charge in [0, 0.05) is 0 Å². The highest BCUT2D eigenvalue weighted by Crippen LogP contribution is 2.30. The number of rotatable bonds is 3. The zero-order valence-corrected chi connectivity index (χ0v) is 10.8. The number of benzene rings is 2. The van der Waals surface area contributed by atoms with Crippen LogP contribution in [0.15, 0.2) is 36.4 Å². The molecule has 0 saturated carbocycles. The molecule has 2 rings (SSSR count). The normalized spacial score (nSPS) is 13.2. The Morgan fingerprint density at radius 2 is 1.82 bits per heavy atom. The summed E-state index contributed by atoms with van der Waals surface area (Å²) in [5.74, 6) is 1.19. The molecule has 2 aromatic rings. The lowest BCUT2D eigenvalue weighted by Gasteiger charge is -2.18. The van der Waals surface area contributed by atoms with Crippen molar-refractivity contribution in [3.8, 4) is 0 Å². The van der Waals surface area contributed by atoms with E-state index in [0.717, 1.165) is 5.56 Å². The first kappa shape index (κ1) is 12.1. The minimum atomic E-state index is 0.111. The number of fused-ring (bicyclic) bond motifs is 1. The lowest BCUT2D eigenvalue weighted by atomic mass is 9.87.